The summed E-state index contributed by atoms with van der Waals surface area (Å²) in [5.74, 6) is 0.0847. The van der Waals surface area contributed by atoms with Gasteiger partial charge in [0.1, 0.15) is 0 Å². The summed E-state index contributed by atoms with van der Waals surface area (Å²) < 4.78 is 6.80. The number of amides is 1. The van der Waals surface area contributed by atoms with E-state index in [1.165, 1.54) is 11.8 Å². The highest BCUT2D eigenvalue weighted by molar-refractivity contribution is 7.99. The van der Waals surface area contributed by atoms with E-state index in [0.29, 0.717) is 34.3 Å². The van der Waals surface area contributed by atoms with Crippen LogP contribution >= 0.6 is 11.8 Å². The molecule has 0 spiro atoms. The van der Waals surface area contributed by atoms with Gasteiger partial charge < -0.3 is 10.1 Å². The number of benzene rings is 1. The summed E-state index contributed by atoms with van der Waals surface area (Å²) in [4.78, 5) is 41.4. The van der Waals surface area contributed by atoms with Gasteiger partial charge in [0.25, 0.3) is 5.56 Å². The smallest absolute Gasteiger partial charge is 0.338 e. The maximum atomic E-state index is 12.6. The second kappa shape index (κ2) is 9.26. The van der Waals surface area contributed by atoms with Crippen LogP contribution in [0.3, 0.4) is 0 Å². The van der Waals surface area contributed by atoms with Crippen molar-refractivity contribution >= 4 is 29.3 Å². The van der Waals surface area contributed by atoms with Crippen LogP contribution in [0.1, 0.15) is 53.8 Å². The first kappa shape index (κ1) is 21.1. The van der Waals surface area contributed by atoms with Gasteiger partial charge in [-0.05, 0) is 44.5 Å². The summed E-state index contributed by atoms with van der Waals surface area (Å²) in [6, 6.07) is 6.39. The number of nitrogens with zero attached hydrogens (tertiary/aromatic N) is 2. The van der Waals surface area contributed by atoms with E-state index in [1.54, 1.807) is 35.8 Å². The largest absolute Gasteiger partial charge is 0.462 e. The number of fused-ring (bicyclic) bond motifs is 1. The van der Waals surface area contributed by atoms with Crippen LogP contribution in [0.5, 0.6) is 0 Å². The molecule has 3 rings (SSSR count). The highest BCUT2D eigenvalue weighted by Gasteiger charge is 2.28. The van der Waals surface area contributed by atoms with Crippen LogP contribution in [0.25, 0.3) is 0 Å². The third kappa shape index (κ3) is 4.87. The Morgan fingerprint density at radius 2 is 2.00 bits per heavy atom. The standard InChI is InChI=1S/C21H25N3O4S/c1-4-5-10-28-20(27)15-6-8-16(9-7-15)23-18(25)11-17-12-29-21-22-14(3)13(2)19(26)24(17)21/h6-9,17H,4-5,10-12H2,1-3H3,(H,23,25). The van der Waals surface area contributed by atoms with Crippen molar-refractivity contribution in [3.63, 3.8) is 0 Å². The summed E-state index contributed by atoms with van der Waals surface area (Å²) >= 11 is 1.49. The van der Waals surface area contributed by atoms with Gasteiger partial charge in [0.15, 0.2) is 5.16 Å². The minimum absolute atomic E-state index is 0.0822. The average Bonchev–Trinajstić information content (AvgIpc) is 3.09. The highest BCUT2D eigenvalue weighted by Crippen LogP contribution is 2.32. The molecule has 1 N–H and O–H groups in total. The Balaban J connectivity index is 1.61. The summed E-state index contributed by atoms with van der Waals surface area (Å²) in [7, 11) is 0. The zero-order valence-electron chi connectivity index (χ0n) is 16.9. The second-order valence-corrected chi connectivity index (χ2v) is 8.05. The lowest BCUT2D eigenvalue weighted by Gasteiger charge is -2.14. The van der Waals surface area contributed by atoms with Crippen LogP contribution in [0, 0.1) is 13.8 Å². The van der Waals surface area contributed by atoms with Gasteiger partial charge in [0.05, 0.1) is 18.2 Å². The normalized spacial score (nSPS) is 15.1. The first-order valence-corrected chi connectivity index (χ1v) is 10.7. The van der Waals surface area contributed by atoms with Crippen molar-refractivity contribution in [1.82, 2.24) is 9.55 Å². The van der Waals surface area contributed by atoms with E-state index in [1.807, 2.05) is 13.8 Å². The SMILES string of the molecule is CCCCOC(=O)c1ccc(NC(=O)CC2CSc3nc(C)c(C)c(=O)n32)cc1. The molecule has 1 amide bonds. The van der Waals surface area contributed by atoms with E-state index in [-0.39, 0.29) is 29.9 Å². The Morgan fingerprint density at radius 1 is 1.28 bits per heavy atom. The van der Waals surface area contributed by atoms with Crippen molar-refractivity contribution in [2.45, 2.75) is 51.2 Å². The maximum Gasteiger partial charge on any atom is 0.338 e. The summed E-state index contributed by atoms with van der Waals surface area (Å²) in [6.07, 6.45) is 1.98. The van der Waals surface area contributed by atoms with E-state index in [9.17, 15) is 14.4 Å². The number of rotatable bonds is 7. The van der Waals surface area contributed by atoms with E-state index >= 15 is 0 Å². The number of anilines is 1. The molecular weight excluding hydrogens is 390 g/mol. The summed E-state index contributed by atoms with van der Waals surface area (Å²) in [5, 5.41) is 3.50. The van der Waals surface area contributed by atoms with E-state index < -0.39 is 0 Å². The molecule has 1 aromatic carbocycles. The van der Waals surface area contributed by atoms with E-state index in [4.69, 9.17) is 4.74 Å². The zero-order chi connectivity index (χ0) is 21.0. The molecule has 2 heterocycles. The molecule has 0 radical (unpaired) electrons. The Labute approximate surface area is 173 Å². The highest BCUT2D eigenvalue weighted by atomic mass is 32.2. The first-order valence-electron chi connectivity index (χ1n) is 9.70. The zero-order valence-corrected chi connectivity index (χ0v) is 17.7. The summed E-state index contributed by atoms with van der Waals surface area (Å²) in [6.45, 7) is 6.01. The quantitative estimate of drug-likeness (QED) is 0.423. The molecule has 0 fully saturated rings. The van der Waals surface area contributed by atoms with Crippen LogP contribution in [-0.2, 0) is 9.53 Å². The molecule has 0 aliphatic carbocycles. The molecule has 7 nitrogen and oxygen atoms in total. The molecule has 1 aliphatic heterocycles. The second-order valence-electron chi connectivity index (χ2n) is 7.06. The molecule has 1 atom stereocenters. The minimum atomic E-state index is -0.367. The number of aryl methyl sites for hydroxylation is 1. The van der Waals surface area contributed by atoms with E-state index in [2.05, 4.69) is 10.3 Å². The number of nitrogens with one attached hydrogen (secondary N) is 1. The maximum absolute atomic E-state index is 12.6. The Morgan fingerprint density at radius 3 is 2.69 bits per heavy atom. The predicted octanol–water partition coefficient (Wildman–Crippen LogP) is 3.49. The minimum Gasteiger partial charge on any atom is -0.462 e. The third-order valence-electron chi connectivity index (χ3n) is 4.88. The van der Waals surface area contributed by atoms with Gasteiger partial charge in [-0.2, -0.15) is 0 Å². The Hall–Kier alpha value is -2.61. The van der Waals surface area contributed by atoms with Crippen LogP contribution in [-0.4, -0.2) is 33.8 Å². The van der Waals surface area contributed by atoms with Gasteiger partial charge in [0, 0.05) is 29.1 Å². The van der Waals surface area contributed by atoms with Crippen LogP contribution in [0.4, 0.5) is 5.69 Å². The molecule has 2 aromatic rings. The number of aromatic nitrogens is 2. The first-order chi connectivity index (χ1) is 13.9. The molecule has 1 aromatic heterocycles. The van der Waals surface area contributed by atoms with Gasteiger partial charge >= 0.3 is 5.97 Å². The molecule has 1 aliphatic rings. The van der Waals surface area contributed by atoms with Gasteiger partial charge in [0.2, 0.25) is 5.91 Å². The Bertz CT molecular complexity index is 969. The number of carbonyl (C=O) groups excluding carboxylic acids is 2. The molecule has 0 saturated heterocycles. The van der Waals surface area contributed by atoms with Crippen LogP contribution in [0.2, 0.25) is 0 Å². The lowest BCUT2D eigenvalue weighted by atomic mass is 10.1. The van der Waals surface area contributed by atoms with Crippen LogP contribution < -0.4 is 10.9 Å². The molecular formula is C21H25N3O4S. The topological polar surface area (TPSA) is 90.3 Å². The van der Waals surface area contributed by atoms with Gasteiger partial charge in [-0.1, -0.05) is 25.1 Å². The number of thioether (sulfide) groups is 1. The van der Waals surface area contributed by atoms with Crippen molar-refractivity contribution in [2.24, 2.45) is 0 Å². The number of hydrogen-bond donors (Lipinski definition) is 1. The average molecular weight is 416 g/mol. The van der Waals surface area contributed by atoms with Crippen molar-refractivity contribution in [2.75, 3.05) is 17.7 Å². The monoisotopic (exact) mass is 415 g/mol. The van der Waals surface area contributed by atoms with Crippen LogP contribution in [0.15, 0.2) is 34.2 Å². The molecule has 154 valence electrons. The number of unbranched alkanes of at least 4 members (excludes halogenated alkanes) is 1. The van der Waals surface area contributed by atoms with Crippen molar-refractivity contribution < 1.29 is 14.3 Å². The number of hydrogen-bond acceptors (Lipinski definition) is 6. The van der Waals surface area contributed by atoms with Crippen molar-refractivity contribution in [1.29, 1.82) is 0 Å². The molecule has 0 saturated carbocycles. The predicted molar refractivity (Wildman–Crippen MR) is 113 cm³/mol. The molecule has 8 heteroatoms. The third-order valence-corrected chi connectivity index (χ3v) is 5.98. The molecule has 1 unspecified atom stereocenters. The molecule has 29 heavy (non-hydrogen) atoms. The van der Waals surface area contributed by atoms with Crippen molar-refractivity contribution in [3.05, 3.63) is 51.4 Å². The van der Waals surface area contributed by atoms with Gasteiger partial charge in [-0.25, -0.2) is 9.78 Å². The van der Waals surface area contributed by atoms with Gasteiger partial charge in [-0.15, -0.1) is 0 Å². The van der Waals surface area contributed by atoms with Crippen molar-refractivity contribution in [3.8, 4) is 0 Å². The van der Waals surface area contributed by atoms with Gasteiger partial charge in [-0.3, -0.25) is 14.2 Å². The number of esters is 1. The fourth-order valence-electron chi connectivity index (χ4n) is 3.03. The molecule has 0 bridgehead atoms. The number of carbonyl (C=O) groups is 2. The Kier molecular flexibility index (Phi) is 6.74. The van der Waals surface area contributed by atoms with E-state index in [0.717, 1.165) is 18.5 Å². The number of ether oxygens (including phenoxy) is 1. The fourth-order valence-corrected chi connectivity index (χ4v) is 4.21. The summed E-state index contributed by atoms with van der Waals surface area (Å²) in [5.41, 5.74) is 2.30. The lowest BCUT2D eigenvalue weighted by molar-refractivity contribution is -0.116. The fraction of sp³-hybridized carbons (Fsp3) is 0.429. The lowest BCUT2D eigenvalue weighted by Crippen LogP contribution is -2.29.